The zero-order valence-electron chi connectivity index (χ0n) is 18.7. The predicted molar refractivity (Wildman–Crippen MR) is 138 cm³/mol. The summed E-state index contributed by atoms with van der Waals surface area (Å²) in [5.41, 5.74) is 5.07. The largest absolute Gasteiger partial charge is 0.0888 e. The lowest BCUT2D eigenvalue weighted by Gasteiger charge is -2.36. The van der Waals surface area contributed by atoms with E-state index in [1.165, 1.54) is 43.1 Å². The molecule has 0 nitrogen and oxygen atoms in total. The van der Waals surface area contributed by atoms with E-state index < -0.39 is 8.07 Å². The minimum absolute atomic E-state index is 0.500. The zero-order valence-corrected chi connectivity index (χ0v) is 19.7. The highest BCUT2D eigenvalue weighted by molar-refractivity contribution is 6.95. The molecule has 1 heteroatoms. The van der Waals surface area contributed by atoms with Crippen LogP contribution in [0, 0.1) is 5.92 Å². The van der Waals surface area contributed by atoms with Gasteiger partial charge in [0.2, 0.25) is 0 Å². The summed E-state index contributed by atoms with van der Waals surface area (Å²) in [5, 5.41) is 10.2. The van der Waals surface area contributed by atoms with Crippen molar-refractivity contribution in [2.45, 2.75) is 32.5 Å². The molecule has 6 rings (SSSR count). The molecule has 0 bridgehead atoms. The van der Waals surface area contributed by atoms with E-state index in [1.807, 2.05) is 0 Å². The van der Waals surface area contributed by atoms with Crippen molar-refractivity contribution in [1.29, 1.82) is 0 Å². The lowest BCUT2D eigenvalue weighted by molar-refractivity contribution is 1.02. The zero-order chi connectivity index (χ0) is 21.3. The summed E-state index contributed by atoms with van der Waals surface area (Å²) in [7, 11) is -1.82. The second-order valence-electron chi connectivity index (χ2n) is 9.95. The molecule has 0 heterocycles. The van der Waals surface area contributed by atoms with Gasteiger partial charge in [-0.25, -0.2) is 0 Å². The van der Waals surface area contributed by atoms with E-state index >= 15 is 0 Å². The molecule has 2 atom stereocenters. The van der Waals surface area contributed by atoms with E-state index in [-0.39, 0.29) is 0 Å². The second kappa shape index (κ2) is 6.55. The highest BCUT2D eigenvalue weighted by Crippen LogP contribution is 2.48. The second-order valence-corrected chi connectivity index (χ2v) is 14.5. The Kier molecular flexibility index (Phi) is 3.98. The molecule has 0 radical (unpaired) electrons. The normalized spacial score (nSPS) is 20.0. The first-order valence-corrected chi connectivity index (χ1v) is 14.5. The maximum Gasteiger partial charge on any atom is 0.0888 e. The number of fused-ring (bicyclic) bond motifs is 6. The van der Waals surface area contributed by atoms with E-state index in [9.17, 15) is 0 Å². The lowest BCUT2D eigenvalue weighted by Crippen LogP contribution is -2.42. The van der Waals surface area contributed by atoms with E-state index in [0.29, 0.717) is 11.5 Å². The fourth-order valence-electron chi connectivity index (χ4n) is 6.62. The first-order valence-electron chi connectivity index (χ1n) is 11.4. The van der Waals surface area contributed by atoms with Gasteiger partial charge in [-0.05, 0) is 56.0 Å². The highest BCUT2D eigenvalue weighted by atomic mass is 28.3. The summed E-state index contributed by atoms with van der Waals surface area (Å²) in [5.74, 6) is 0.500. The SMILES string of the molecule is CC1=Cc2c(ccc3ccccc23)C1[Si](C)(C)C1=c2ccc3ccccc3c2=CC1C. The van der Waals surface area contributed by atoms with Crippen molar-refractivity contribution >= 4 is 47.0 Å². The van der Waals surface area contributed by atoms with Gasteiger partial charge in [-0.15, -0.1) is 0 Å². The molecule has 4 aromatic rings. The molecule has 0 saturated heterocycles. The Morgan fingerprint density at radius 2 is 1.39 bits per heavy atom. The summed E-state index contributed by atoms with van der Waals surface area (Å²) in [6.07, 6.45) is 5.00. The van der Waals surface area contributed by atoms with Crippen molar-refractivity contribution in [3.05, 3.63) is 99.9 Å². The third-order valence-corrected chi connectivity index (χ3v) is 12.0. The van der Waals surface area contributed by atoms with Gasteiger partial charge in [0, 0.05) is 5.54 Å². The van der Waals surface area contributed by atoms with E-state index in [0.717, 1.165) is 0 Å². The summed E-state index contributed by atoms with van der Waals surface area (Å²) < 4.78 is 0. The molecule has 31 heavy (non-hydrogen) atoms. The van der Waals surface area contributed by atoms with Gasteiger partial charge in [0.05, 0.1) is 8.07 Å². The molecule has 0 spiro atoms. The van der Waals surface area contributed by atoms with E-state index in [1.54, 1.807) is 10.8 Å². The average Bonchev–Trinajstić information content (AvgIpc) is 3.30. The van der Waals surface area contributed by atoms with Crippen LogP contribution < -0.4 is 10.4 Å². The van der Waals surface area contributed by atoms with Crippen molar-refractivity contribution in [3.63, 3.8) is 0 Å². The van der Waals surface area contributed by atoms with Crippen molar-refractivity contribution in [1.82, 2.24) is 0 Å². The van der Waals surface area contributed by atoms with Crippen LogP contribution in [0.15, 0.2) is 78.4 Å². The smallest absolute Gasteiger partial charge is 0.0695 e. The van der Waals surface area contributed by atoms with Crippen LogP contribution in [0.1, 0.15) is 30.5 Å². The number of allylic oxidation sites excluding steroid dienone is 1. The van der Waals surface area contributed by atoms with E-state index in [2.05, 4.69) is 112 Å². The first-order chi connectivity index (χ1) is 15.0. The summed E-state index contributed by atoms with van der Waals surface area (Å²) in [6.45, 7) is 9.97. The van der Waals surface area contributed by atoms with Gasteiger partial charge in [0.15, 0.2) is 0 Å². The van der Waals surface area contributed by atoms with Gasteiger partial charge in [0.25, 0.3) is 0 Å². The van der Waals surface area contributed by atoms with Crippen LogP contribution in [0.2, 0.25) is 13.1 Å². The van der Waals surface area contributed by atoms with Crippen LogP contribution in [-0.4, -0.2) is 8.07 Å². The van der Waals surface area contributed by atoms with Crippen LogP contribution in [-0.2, 0) is 0 Å². The molecular formula is C30H28Si. The predicted octanol–water partition coefficient (Wildman–Crippen LogP) is 6.56. The van der Waals surface area contributed by atoms with Crippen molar-refractivity contribution in [2.75, 3.05) is 0 Å². The molecule has 0 aromatic heterocycles. The molecule has 0 amide bonds. The molecule has 2 unspecified atom stereocenters. The summed E-state index contributed by atoms with van der Waals surface area (Å²) >= 11 is 0. The number of benzene rings is 4. The fraction of sp³-hybridized carbons (Fsp3) is 0.200. The minimum Gasteiger partial charge on any atom is -0.0695 e. The molecule has 152 valence electrons. The van der Waals surface area contributed by atoms with Gasteiger partial charge in [-0.3, -0.25) is 0 Å². The molecule has 0 aliphatic heterocycles. The minimum atomic E-state index is -1.82. The summed E-state index contributed by atoms with van der Waals surface area (Å²) in [6, 6.07) is 27.1. The maximum atomic E-state index is 2.60. The molecule has 0 N–H and O–H groups in total. The Morgan fingerprint density at radius 1 is 0.742 bits per heavy atom. The van der Waals surface area contributed by atoms with Crippen molar-refractivity contribution < 1.29 is 0 Å². The lowest BCUT2D eigenvalue weighted by atomic mass is 10.0. The van der Waals surface area contributed by atoms with Gasteiger partial charge in [-0.2, -0.15) is 0 Å². The van der Waals surface area contributed by atoms with E-state index in [4.69, 9.17) is 0 Å². The van der Waals surface area contributed by atoms with Gasteiger partial charge < -0.3 is 0 Å². The third kappa shape index (κ3) is 2.60. The van der Waals surface area contributed by atoms with Gasteiger partial charge >= 0.3 is 0 Å². The standard InChI is InChI=1S/C30H28Si/c1-19-17-27-23-11-7-5-9-21(23)13-15-25(27)29(19)31(3,4)30-20(2)18-28-24-12-8-6-10-22(24)14-16-26(28)30/h5-19,30H,1-4H3. The summed E-state index contributed by atoms with van der Waals surface area (Å²) in [4.78, 5) is 0. The Bertz CT molecular complexity index is 1530. The Balaban J connectivity index is 1.60. The van der Waals surface area contributed by atoms with Crippen LogP contribution in [0.3, 0.4) is 0 Å². The van der Waals surface area contributed by atoms with Crippen LogP contribution in [0.4, 0.5) is 0 Å². The first kappa shape index (κ1) is 18.8. The molecule has 0 fully saturated rings. The fourth-order valence-corrected chi connectivity index (χ4v) is 11.3. The Morgan fingerprint density at radius 3 is 2.16 bits per heavy atom. The van der Waals surface area contributed by atoms with Crippen LogP contribution in [0.5, 0.6) is 0 Å². The van der Waals surface area contributed by atoms with Crippen LogP contribution in [0.25, 0.3) is 38.9 Å². The highest BCUT2D eigenvalue weighted by Gasteiger charge is 2.43. The van der Waals surface area contributed by atoms with Crippen molar-refractivity contribution in [3.8, 4) is 0 Å². The Hall–Kier alpha value is -2.90. The molecule has 2 aliphatic rings. The number of hydrogen-bond acceptors (Lipinski definition) is 0. The topological polar surface area (TPSA) is 0 Å². The third-order valence-electron chi connectivity index (χ3n) is 7.69. The molecule has 0 saturated carbocycles. The van der Waals surface area contributed by atoms with Gasteiger partial charge in [-0.1, -0.05) is 116 Å². The molecule has 4 aromatic carbocycles. The molecular weight excluding hydrogens is 388 g/mol. The number of rotatable bonds is 2. The average molecular weight is 417 g/mol. The quantitative estimate of drug-likeness (QED) is 0.325. The maximum absolute atomic E-state index is 2.60. The number of hydrogen-bond donors (Lipinski definition) is 0. The Labute approximate surface area is 185 Å². The molecule has 2 aliphatic carbocycles. The monoisotopic (exact) mass is 416 g/mol. The van der Waals surface area contributed by atoms with Crippen LogP contribution >= 0.6 is 0 Å². The van der Waals surface area contributed by atoms with Gasteiger partial charge in [0.1, 0.15) is 0 Å². The van der Waals surface area contributed by atoms with Crippen molar-refractivity contribution in [2.24, 2.45) is 5.92 Å².